The maximum absolute atomic E-state index is 11.4. The Morgan fingerprint density at radius 3 is 2.80 bits per heavy atom. The molecule has 1 heterocycles. The van der Waals surface area contributed by atoms with Gasteiger partial charge >= 0.3 is 11.9 Å². The van der Waals surface area contributed by atoms with Gasteiger partial charge in [0.1, 0.15) is 5.69 Å². The number of aromatic carboxylic acids is 1. The molecule has 0 unspecified atom stereocenters. The van der Waals surface area contributed by atoms with Gasteiger partial charge in [-0.3, -0.25) is 4.79 Å². The zero-order chi connectivity index (χ0) is 14.7. The third kappa shape index (κ3) is 3.01. The number of hydrogen-bond donors (Lipinski definition) is 2. The Morgan fingerprint density at radius 1 is 1.40 bits per heavy atom. The van der Waals surface area contributed by atoms with Gasteiger partial charge in [0, 0.05) is 21.8 Å². The Balaban J connectivity index is 2.36. The van der Waals surface area contributed by atoms with Crippen LogP contribution in [0.15, 0.2) is 22.7 Å². The van der Waals surface area contributed by atoms with Crippen LogP contribution in [0.5, 0.6) is 0 Å². The van der Waals surface area contributed by atoms with Crippen molar-refractivity contribution >= 4 is 38.8 Å². The molecule has 1 aromatic heterocycles. The number of esters is 1. The summed E-state index contributed by atoms with van der Waals surface area (Å²) >= 11 is 3.34. The van der Waals surface area contributed by atoms with Crippen LogP contribution in [0.1, 0.15) is 29.4 Å². The fraction of sp³-hybridized carbons (Fsp3) is 0.286. The zero-order valence-corrected chi connectivity index (χ0v) is 12.5. The summed E-state index contributed by atoms with van der Waals surface area (Å²) in [6.45, 7) is 2.06. The molecule has 0 amide bonds. The van der Waals surface area contributed by atoms with Crippen molar-refractivity contribution < 1.29 is 19.4 Å². The van der Waals surface area contributed by atoms with Gasteiger partial charge in [-0.2, -0.15) is 0 Å². The number of aromatic nitrogens is 1. The zero-order valence-electron chi connectivity index (χ0n) is 10.9. The smallest absolute Gasteiger partial charge is 0.352 e. The van der Waals surface area contributed by atoms with Crippen LogP contribution >= 0.6 is 15.9 Å². The Kier molecular flexibility index (Phi) is 4.44. The third-order valence-corrected chi connectivity index (χ3v) is 3.46. The maximum Gasteiger partial charge on any atom is 0.352 e. The van der Waals surface area contributed by atoms with Crippen molar-refractivity contribution in [3.8, 4) is 0 Å². The fourth-order valence-electron chi connectivity index (χ4n) is 2.13. The van der Waals surface area contributed by atoms with Crippen LogP contribution in [0.4, 0.5) is 0 Å². The maximum atomic E-state index is 11.4. The summed E-state index contributed by atoms with van der Waals surface area (Å²) in [5, 5.41) is 10.1. The quantitative estimate of drug-likeness (QED) is 0.820. The highest BCUT2D eigenvalue weighted by molar-refractivity contribution is 9.10. The number of aromatic amines is 1. The molecule has 0 saturated heterocycles. The molecular formula is C14H14BrNO4. The van der Waals surface area contributed by atoms with Gasteiger partial charge in [-0.15, -0.1) is 0 Å². The van der Waals surface area contributed by atoms with Crippen molar-refractivity contribution in [3.63, 3.8) is 0 Å². The largest absolute Gasteiger partial charge is 0.477 e. The van der Waals surface area contributed by atoms with Crippen molar-refractivity contribution in [1.82, 2.24) is 4.98 Å². The lowest BCUT2D eigenvalue weighted by Gasteiger charge is -2.03. The van der Waals surface area contributed by atoms with Gasteiger partial charge in [-0.1, -0.05) is 22.0 Å². The van der Waals surface area contributed by atoms with Crippen molar-refractivity contribution in [3.05, 3.63) is 33.9 Å². The lowest BCUT2D eigenvalue weighted by molar-refractivity contribution is -0.143. The van der Waals surface area contributed by atoms with Gasteiger partial charge in [0.2, 0.25) is 0 Å². The van der Waals surface area contributed by atoms with Gasteiger partial charge < -0.3 is 14.8 Å². The molecule has 0 aliphatic rings. The molecule has 5 nitrogen and oxygen atoms in total. The van der Waals surface area contributed by atoms with Gasteiger partial charge in [0.25, 0.3) is 0 Å². The number of benzene rings is 1. The van der Waals surface area contributed by atoms with Gasteiger partial charge in [0.05, 0.1) is 6.61 Å². The van der Waals surface area contributed by atoms with Crippen LogP contribution in [0.25, 0.3) is 10.9 Å². The number of carbonyl (C=O) groups excluding carboxylic acids is 1. The van der Waals surface area contributed by atoms with E-state index in [2.05, 4.69) is 20.9 Å². The highest BCUT2D eigenvalue weighted by atomic mass is 79.9. The molecule has 0 spiro atoms. The summed E-state index contributed by atoms with van der Waals surface area (Å²) < 4.78 is 5.73. The molecule has 2 rings (SSSR count). The molecule has 2 N–H and O–H groups in total. The number of nitrogens with one attached hydrogen (secondary N) is 1. The highest BCUT2D eigenvalue weighted by Gasteiger charge is 2.18. The summed E-state index contributed by atoms with van der Waals surface area (Å²) in [5.41, 5.74) is 1.49. The Bertz CT molecular complexity index is 662. The number of carbonyl (C=O) groups is 2. The van der Waals surface area contributed by atoms with Crippen LogP contribution in [0.2, 0.25) is 0 Å². The highest BCUT2D eigenvalue weighted by Crippen LogP contribution is 2.26. The number of aryl methyl sites for hydroxylation is 1. The van der Waals surface area contributed by atoms with E-state index in [0.717, 1.165) is 15.4 Å². The number of ether oxygens (including phenoxy) is 1. The average Bonchev–Trinajstić information content (AvgIpc) is 2.74. The number of halogens is 1. The number of fused-ring (bicyclic) bond motifs is 1. The van der Waals surface area contributed by atoms with E-state index in [9.17, 15) is 14.7 Å². The molecule has 20 heavy (non-hydrogen) atoms. The monoisotopic (exact) mass is 339 g/mol. The molecule has 0 bridgehead atoms. The number of rotatable bonds is 5. The molecule has 0 atom stereocenters. The van der Waals surface area contributed by atoms with Crippen molar-refractivity contribution in [2.45, 2.75) is 19.8 Å². The summed E-state index contributed by atoms with van der Waals surface area (Å²) in [6, 6.07) is 5.49. The minimum Gasteiger partial charge on any atom is -0.477 e. The van der Waals surface area contributed by atoms with E-state index in [1.807, 2.05) is 18.2 Å². The SMILES string of the molecule is CCOC(=O)CCc1c(C(=O)O)[nH]c2cc(Br)ccc12. The molecule has 106 valence electrons. The molecule has 0 aliphatic carbocycles. The van der Waals surface area contributed by atoms with Crippen LogP contribution in [0.3, 0.4) is 0 Å². The molecule has 2 aromatic rings. The topological polar surface area (TPSA) is 79.4 Å². The van der Waals surface area contributed by atoms with Crippen molar-refractivity contribution in [1.29, 1.82) is 0 Å². The minimum absolute atomic E-state index is 0.127. The molecule has 0 saturated carbocycles. The normalized spacial score (nSPS) is 10.7. The Morgan fingerprint density at radius 2 is 2.15 bits per heavy atom. The molecule has 1 aromatic carbocycles. The van der Waals surface area contributed by atoms with E-state index >= 15 is 0 Å². The molecule has 0 fully saturated rings. The number of carboxylic acids is 1. The standard InChI is InChI=1S/C14H14BrNO4/c1-2-20-12(17)6-5-10-9-4-3-8(15)7-11(9)16-13(10)14(18)19/h3-4,7,16H,2,5-6H2,1H3,(H,18,19). The number of carboxylic acid groups (broad SMARTS) is 1. The van der Waals surface area contributed by atoms with E-state index in [1.165, 1.54) is 0 Å². The van der Waals surface area contributed by atoms with E-state index in [1.54, 1.807) is 6.92 Å². The van der Waals surface area contributed by atoms with Crippen molar-refractivity contribution in [2.24, 2.45) is 0 Å². The van der Waals surface area contributed by atoms with Gasteiger partial charge in [-0.25, -0.2) is 4.79 Å². The lowest BCUT2D eigenvalue weighted by Crippen LogP contribution is -2.07. The molecule has 0 aliphatic heterocycles. The second-order valence-corrected chi connectivity index (χ2v) is 5.19. The van der Waals surface area contributed by atoms with Gasteiger partial charge in [0.15, 0.2) is 0 Å². The Labute approximate surface area is 124 Å². The van der Waals surface area contributed by atoms with E-state index in [0.29, 0.717) is 18.6 Å². The Hall–Kier alpha value is -1.82. The molecule has 6 heteroatoms. The summed E-state index contributed by atoms with van der Waals surface area (Å²) in [7, 11) is 0. The summed E-state index contributed by atoms with van der Waals surface area (Å²) in [5.74, 6) is -1.36. The van der Waals surface area contributed by atoms with Crippen molar-refractivity contribution in [2.75, 3.05) is 6.61 Å². The third-order valence-electron chi connectivity index (χ3n) is 2.97. The van der Waals surface area contributed by atoms with Crippen LogP contribution in [-0.4, -0.2) is 28.6 Å². The summed E-state index contributed by atoms with van der Waals surface area (Å²) in [6.07, 6.45) is 0.499. The lowest BCUT2D eigenvalue weighted by atomic mass is 10.1. The summed E-state index contributed by atoms with van der Waals surface area (Å²) in [4.78, 5) is 25.6. The second-order valence-electron chi connectivity index (χ2n) is 4.28. The second kappa shape index (κ2) is 6.09. The van der Waals surface area contributed by atoms with E-state index in [4.69, 9.17) is 4.74 Å². The number of hydrogen-bond acceptors (Lipinski definition) is 3. The van der Waals surface area contributed by atoms with Crippen LogP contribution in [0, 0.1) is 0 Å². The first-order valence-electron chi connectivity index (χ1n) is 6.22. The van der Waals surface area contributed by atoms with E-state index in [-0.39, 0.29) is 18.1 Å². The van der Waals surface area contributed by atoms with Gasteiger partial charge in [-0.05, 0) is 31.0 Å². The minimum atomic E-state index is -1.03. The van der Waals surface area contributed by atoms with Crippen LogP contribution < -0.4 is 0 Å². The first kappa shape index (κ1) is 14.6. The first-order chi connectivity index (χ1) is 9.52. The average molecular weight is 340 g/mol. The molecule has 0 radical (unpaired) electrons. The fourth-order valence-corrected chi connectivity index (χ4v) is 2.49. The van der Waals surface area contributed by atoms with Crippen LogP contribution in [-0.2, 0) is 16.0 Å². The predicted molar refractivity (Wildman–Crippen MR) is 77.9 cm³/mol. The predicted octanol–water partition coefficient (Wildman–Crippen LogP) is 3.12. The number of H-pyrrole nitrogens is 1. The molecular weight excluding hydrogens is 326 g/mol. The van der Waals surface area contributed by atoms with E-state index < -0.39 is 5.97 Å². The first-order valence-corrected chi connectivity index (χ1v) is 7.01.